The lowest BCUT2D eigenvalue weighted by Crippen LogP contribution is -2.67. The van der Waals surface area contributed by atoms with Crippen molar-refractivity contribution in [3.8, 4) is 11.5 Å². The van der Waals surface area contributed by atoms with E-state index in [9.17, 15) is 18.8 Å². The third-order valence-corrected chi connectivity index (χ3v) is 8.45. The van der Waals surface area contributed by atoms with Crippen molar-refractivity contribution in [1.82, 2.24) is 4.90 Å². The molecule has 2 atom stereocenters. The number of nitrogens with zero attached hydrogens (tertiary/aromatic N) is 2. The number of hydrogen-bond donors (Lipinski definition) is 0. The molecule has 0 aliphatic carbocycles. The fraction of sp³-hybridized carbons (Fsp3) is 0.160. The van der Waals surface area contributed by atoms with E-state index in [0.29, 0.717) is 28.3 Å². The van der Waals surface area contributed by atoms with Crippen molar-refractivity contribution in [2.75, 3.05) is 11.7 Å². The Morgan fingerprint density at radius 3 is 2.05 bits per heavy atom. The first-order valence-corrected chi connectivity index (χ1v) is 12.4. The van der Waals surface area contributed by atoms with E-state index in [1.165, 1.54) is 23.1 Å². The van der Waals surface area contributed by atoms with Crippen LogP contribution in [0.3, 0.4) is 0 Å². The number of benzene rings is 3. The molecule has 6 rings (SSSR count). The van der Waals surface area contributed by atoms with Gasteiger partial charge in [0.2, 0.25) is 6.79 Å². The summed E-state index contributed by atoms with van der Waals surface area (Å²) < 4.78 is 25.1. The second-order valence-electron chi connectivity index (χ2n) is 8.63. The number of ether oxygens (including phenoxy) is 2. The van der Waals surface area contributed by atoms with Crippen molar-refractivity contribution >= 4 is 69.8 Å². The molecule has 1 saturated heterocycles. The molecule has 0 bridgehead atoms. The molecule has 3 heterocycles. The average Bonchev–Trinajstić information content (AvgIpc) is 3.44. The number of amides is 3. The monoisotopic (exact) mass is 580 g/mol. The van der Waals surface area contributed by atoms with Crippen LogP contribution in [0.4, 0.5) is 10.1 Å². The Morgan fingerprint density at radius 2 is 1.41 bits per heavy atom. The third kappa shape index (κ3) is 3.36. The molecular formula is C25H13Cl4FN2O5. The number of halogens is 5. The summed E-state index contributed by atoms with van der Waals surface area (Å²) in [4.78, 5) is 42.9. The van der Waals surface area contributed by atoms with Gasteiger partial charge in [-0.15, -0.1) is 0 Å². The third-order valence-electron chi connectivity index (χ3n) is 6.65. The summed E-state index contributed by atoms with van der Waals surface area (Å²) in [6, 6.07) is 6.85. The molecule has 188 valence electrons. The number of fused-ring (bicyclic) bond motifs is 2. The normalized spacial score (nSPS) is 20.0. The van der Waals surface area contributed by atoms with Crippen LogP contribution in [0.1, 0.15) is 37.9 Å². The molecule has 0 spiro atoms. The Labute approximate surface area is 229 Å². The number of rotatable bonds is 3. The van der Waals surface area contributed by atoms with Gasteiger partial charge in [0.05, 0.1) is 42.9 Å². The molecule has 3 amide bonds. The summed E-state index contributed by atoms with van der Waals surface area (Å²) in [6.07, 6.45) is 0. The molecular weight excluding hydrogens is 569 g/mol. The summed E-state index contributed by atoms with van der Waals surface area (Å²) in [5, 5.41) is -0.842. The average molecular weight is 582 g/mol. The van der Waals surface area contributed by atoms with Crippen LogP contribution in [0.25, 0.3) is 0 Å². The maximum Gasteiger partial charge on any atom is 0.264 e. The number of β-lactam (4-membered cyclic amide) rings is 1. The first-order chi connectivity index (χ1) is 17.6. The maximum absolute atomic E-state index is 14.2. The van der Waals surface area contributed by atoms with Gasteiger partial charge in [0.25, 0.3) is 17.7 Å². The van der Waals surface area contributed by atoms with E-state index >= 15 is 0 Å². The molecule has 12 heteroatoms. The van der Waals surface area contributed by atoms with E-state index in [2.05, 4.69) is 0 Å². The highest BCUT2D eigenvalue weighted by atomic mass is 35.5. The van der Waals surface area contributed by atoms with Crippen LogP contribution in [0, 0.1) is 12.7 Å². The molecule has 3 aromatic carbocycles. The molecule has 1 fully saturated rings. The van der Waals surface area contributed by atoms with Crippen molar-refractivity contribution in [1.29, 1.82) is 0 Å². The Morgan fingerprint density at radius 1 is 0.784 bits per heavy atom. The van der Waals surface area contributed by atoms with Crippen molar-refractivity contribution in [3.05, 3.63) is 84.6 Å². The van der Waals surface area contributed by atoms with Crippen LogP contribution < -0.4 is 14.4 Å². The first kappa shape index (κ1) is 24.3. The predicted molar refractivity (Wildman–Crippen MR) is 135 cm³/mol. The van der Waals surface area contributed by atoms with Crippen molar-refractivity contribution < 1.29 is 28.2 Å². The Kier molecular flexibility index (Phi) is 5.58. The van der Waals surface area contributed by atoms with Gasteiger partial charge in [0, 0.05) is 0 Å². The fourth-order valence-corrected chi connectivity index (χ4v) is 5.90. The molecule has 37 heavy (non-hydrogen) atoms. The number of carbonyl (C=O) groups is 3. The van der Waals surface area contributed by atoms with Gasteiger partial charge in [-0.25, -0.2) is 4.39 Å². The molecule has 3 aliphatic heterocycles. The smallest absolute Gasteiger partial charge is 0.264 e. The van der Waals surface area contributed by atoms with Crippen LogP contribution in [0.5, 0.6) is 11.5 Å². The highest BCUT2D eigenvalue weighted by Gasteiger charge is 2.58. The molecule has 7 nitrogen and oxygen atoms in total. The summed E-state index contributed by atoms with van der Waals surface area (Å²) in [7, 11) is 0. The SMILES string of the molecule is Cc1ccc(F)cc1N1C(=O)[C@@H](N2C(=O)c3c(Cl)c(Cl)c(Cl)c(Cl)c3C2=O)[C@@H]1c1ccc2c(c1)OCO2. The Bertz CT molecular complexity index is 1530. The van der Waals surface area contributed by atoms with Crippen LogP contribution in [0.2, 0.25) is 20.1 Å². The number of hydrogen-bond acceptors (Lipinski definition) is 5. The van der Waals surface area contributed by atoms with Gasteiger partial charge in [0.1, 0.15) is 11.9 Å². The zero-order valence-electron chi connectivity index (χ0n) is 18.7. The minimum absolute atomic E-state index is 0.0233. The number of carbonyl (C=O) groups excluding carboxylic acids is 3. The largest absolute Gasteiger partial charge is 0.454 e. The number of imide groups is 1. The quantitative estimate of drug-likeness (QED) is 0.159. The van der Waals surface area contributed by atoms with E-state index in [1.54, 1.807) is 25.1 Å². The van der Waals surface area contributed by atoms with Gasteiger partial charge in [-0.1, -0.05) is 58.5 Å². The van der Waals surface area contributed by atoms with E-state index in [0.717, 1.165) is 4.90 Å². The van der Waals surface area contributed by atoms with Gasteiger partial charge in [-0.05, 0) is 42.3 Å². The second kappa shape index (κ2) is 8.49. The molecule has 0 radical (unpaired) electrons. The minimum atomic E-state index is -1.29. The van der Waals surface area contributed by atoms with E-state index in [-0.39, 0.29) is 38.0 Å². The van der Waals surface area contributed by atoms with E-state index in [4.69, 9.17) is 55.9 Å². The van der Waals surface area contributed by atoms with Crippen molar-refractivity contribution in [2.45, 2.75) is 19.0 Å². The number of aryl methyl sites for hydroxylation is 1. The van der Waals surface area contributed by atoms with Gasteiger partial charge in [-0.2, -0.15) is 0 Å². The minimum Gasteiger partial charge on any atom is -0.454 e. The lowest BCUT2D eigenvalue weighted by Gasteiger charge is -2.50. The van der Waals surface area contributed by atoms with Gasteiger partial charge in [-0.3, -0.25) is 19.3 Å². The van der Waals surface area contributed by atoms with Crippen molar-refractivity contribution in [3.63, 3.8) is 0 Å². The van der Waals surface area contributed by atoms with Crippen molar-refractivity contribution in [2.24, 2.45) is 0 Å². The fourth-order valence-electron chi connectivity index (χ4n) is 4.88. The number of anilines is 1. The van der Waals surface area contributed by atoms with Gasteiger partial charge < -0.3 is 14.4 Å². The Hall–Kier alpha value is -3.04. The summed E-state index contributed by atoms with van der Waals surface area (Å²) >= 11 is 24.8. The highest BCUT2D eigenvalue weighted by Crippen LogP contribution is 2.50. The van der Waals surface area contributed by atoms with E-state index in [1.807, 2.05) is 0 Å². The molecule has 0 saturated carbocycles. The zero-order chi connectivity index (χ0) is 26.3. The standard InChI is InChI=1S/C25H13Cl4FN2O5/c1-9-2-4-11(30)7-12(9)31-21(10-3-5-13-14(6-10)37-8-36-13)22(25(31)35)32-23(33)15-16(24(32)34)18(27)20(29)19(28)17(15)26/h2-7,21-22H,8H2,1H3/t21-,22-/m0/s1. The second-order valence-corrected chi connectivity index (χ2v) is 10.1. The highest BCUT2D eigenvalue weighted by molar-refractivity contribution is 6.55. The lowest BCUT2D eigenvalue weighted by molar-refractivity contribution is -0.130. The van der Waals surface area contributed by atoms with Crippen LogP contribution in [0.15, 0.2) is 36.4 Å². The lowest BCUT2D eigenvalue weighted by atomic mass is 9.85. The zero-order valence-corrected chi connectivity index (χ0v) is 21.7. The predicted octanol–water partition coefficient (Wildman–Crippen LogP) is 6.23. The van der Waals surface area contributed by atoms with Gasteiger partial charge >= 0.3 is 0 Å². The Balaban J connectivity index is 1.50. The molecule has 3 aromatic rings. The first-order valence-electron chi connectivity index (χ1n) is 10.8. The molecule has 0 aromatic heterocycles. The summed E-state index contributed by atoms with van der Waals surface area (Å²) in [5.41, 5.74) is 0.975. The topological polar surface area (TPSA) is 76.2 Å². The maximum atomic E-state index is 14.2. The van der Waals surface area contributed by atoms with E-state index < -0.39 is 35.6 Å². The summed E-state index contributed by atoms with van der Waals surface area (Å²) in [5.74, 6) is -1.91. The van der Waals surface area contributed by atoms with Crippen LogP contribution in [-0.2, 0) is 4.79 Å². The van der Waals surface area contributed by atoms with Gasteiger partial charge in [0.15, 0.2) is 11.5 Å². The summed E-state index contributed by atoms with van der Waals surface area (Å²) in [6.45, 7) is 1.74. The van der Waals surface area contributed by atoms with Crippen LogP contribution >= 0.6 is 46.4 Å². The van der Waals surface area contributed by atoms with Crippen LogP contribution in [-0.4, -0.2) is 35.5 Å². The molecule has 3 aliphatic rings. The molecule has 0 N–H and O–H groups in total. The molecule has 0 unspecified atom stereocenters.